The summed E-state index contributed by atoms with van der Waals surface area (Å²) in [6, 6.07) is 6.51. The minimum absolute atomic E-state index is 0.0471. The molecule has 0 atom stereocenters. The highest BCUT2D eigenvalue weighted by Gasteiger charge is 2.39. The van der Waals surface area contributed by atoms with Gasteiger partial charge in [-0.15, -0.1) is 10.2 Å². The maximum absolute atomic E-state index is 12.6. The van der Waals surface area contributed by atoms with Crippen LogP contribution < -0.4 is 5.32 Å². The van der Waals surface area contributed by atoms with Crippen molar-refractivity contribution in [3.63, 3.8) is 0 Å². The molecule has 1 aromatic carbocycles. The average molecular weight is 382 g/mol. The third-order valence-electron chi connectivity index (χ3n) is 4.27. The summed E-state index contributed by atoms with van der Waals surface area (Å²) in [6.07, 6.45) is -3.78. The number of piperidine rings is 1. The maximum Gasteiger partial charge on any atom is 0.470 e. The molecular weight excluding hydrogens is 365 g/mol. The Bertz CT molecular complexity index is 825. The Labute approximate surface area is 152 Å². The number of nitrogens with zero attached hydrogens (tertiary/aromatic N) is 3. The minimum atomic E-state index is -4.66. The van der Waals surface area contributed by atoms with Crippen molar-refractivity contribution in [2.45, 2.75) is 31.9 Å². The standard InChI is InChI=1S/C17H17F3N4O3/c1-10(25)21-13-4-2-12(3-5-13)15(26)24-8-6-11(7-9-24)14-22-23-16(27-14)17(18,19)20/h2-5,11H,6-9H2,1H3,(H,21,25). The molecule has 10 heteroatoms. The summed E-state index contributed by atoms with van der Waals surface area (Å²) in [5.74, 6) is -2.08. The van der Waals surface area contributed by atoms with E-state index in [1.54, 1.807) is 29.2 Å². The first-order valence-corrected chi connectivity index (χ1v) is 8.31. The molecule has 2 amide bonds. The second-order valence-electron chi connectivity index (χ2n) is 6.27. The third-order valence-corrected chi connectivity index (χ3v) is 4.27. The number of likely N-dealkylation sites (tertiary alicyclic amines) is 1. The molecule has 144 valence electrons. The number of nitrogens with one attached hydrogen (secondary N) is 1. The van der Waals surface area contributed by atoms with Gasteiger partial charge >= 0.3 is 12.1 Å². The van der Waals surface area contributed by atoms with E-state index in [1.807, 2.05) is 0 Å². The first-order chi connectivity index (χ1) is 12.7. The monoisotopic (exact) mass is 382 g/mol. The van der Waals surface area contributed by atoms with Crippen LogP contribution in [0.5, 0.6) is 0 Å². The van der Waals surface area contributed by atoms with Crippen molar-refractivity contribution in [2.24, 2.45) is 0 Å². The van der Waals surface area contributed by atoms with Crippen molar-refractivity contribution < 1.29 is 27.2 Å². The van der Waals surface area contributed by atoms with Gasteiger partial charge in [0.05, 0.1) is 0 Å². The number of benzene rings is 1. The summed E-state index contributed by atoms with van der Waals surface area (Å²) in [6.45, 7) is 2.14. The molecule has 3 rings (SSSR count). The van der Waals surface area contributed by atoms with Gasteiger partial charge in [0.15, 0.2) is 0 Å². The molecule has 0 bridgehead atoms. The molecular formula is C17H17F3N4O3. The highest BCUT2D eigenvalue weighted by Crippen LogP contribution is 2.32. The molecule has 1 aliphatic rings. The number of hydrogen-bond donors (Lipinski definition) is 1. The fourth-order valence-corrected chi connectivity index (χ4v) is 2.93. The molecule has 0 unspecified atom stereocenters. The van der Waals surface area contributed by atoms with Gasteiger partial charge in [-0.3, -0.25) is 9.59 Å². The van der Waals surface area contributed by atoms with Crippen molar-refractivity contribution >= 4 is 17.5 Å². The fourth-order valence-electron chi connectivity index (χ4n) is 2.93. The van der Waals surface area contributed by atoms with Crippen molar-refractivity contribution in [1.29, 1.82) is 0 Å². The number of carbonyl (C=O) groups excluding carboxylic acids is 2. The highest BCUT2D eigenvalue weighted by molar-refractivity contribution is 5.95. The quantitative estimate of drug-likeness (QED) is 0.881. The predicted octanol–water partition coefficient (Wildman–Crippen LogP) is 3.07. The number of carbonyl (C=O) groups is 2. The van der Waals surface area contributed by atoms with Gasteiger partial charge in [-0.05, 0) is 37.1 Å². The average Bonchev–Trinajstić information content (AvgIpc) is 3.12. The number of aromatic nitrogens is 2. The predicted molar refractivity (Wildman–Crippen MR) is 87.9 cm³/mol. The Morgan fingerprint density at radius 2 is 1.78 bits per heavy atom. The van der Waals surface area contributed by atoms with E-state index in [0.29, 0.717) is 37.2 Å². The van der Waals surface area contributed by atoms with E-state index < -0.39 is 12.1 Å². The summed E-state index contributed by atoms with van der Waals surface area (Å²) in [7, 11) is 0. The summed E-state index contributed by atoms with van der Waals surface area (Å²) in [4.78, 5) is 25.2. The molecule has 27 heavy (non-hydrogen) atoms. The molecule has 0 aliphatic carbocycles. The number of rotatable bonds is 3. The number of alkyl halides is 3. The lowest BCUT2D eigenvalue weighted by Gasteiger charge is -2.30. The zero-order valence-corrected chi connectivity index (χ0v) is 14.4. The Morgan fingerprint density at radius 3 is 2.30 bits per heavy atom. The van der Waals surface area contributed by atoms with E-state index >= 15 is 0 Å². The lowest BCUT2D eigenvalue weighted by atomic mass is 9.96. The molecule has 7 nitrogen and oxygen atoms in total. The first-order valence-electron chi connectivity index (χ1n) is 8.31. The zero-order chi connectivity index (χ0) is 19.6. The molecule has 0 spiro atoms. The summed E-state index contributed by atoms with van der Waals surface area (Å²) < 4.78 is 42.4. The molecule has 1 saturated heterocycles. The van der Waals surface area contributed by atoms with E-state index in [1.165, 1.54) is 6.92 Å². The lowest BCUT2D eigenvalue weighted by molar-refractivity contribution is -0.157. The van der Waals surface area contributed by atoms with Crippen LogP contribution in [0.3, 0.4) is 0 Å². The normalized spacial score (nSPS) is 15.6. The van der Waals surface area contributed by atoms with Gasteiger partial charge in [-0.25, -0.2) is 0 Å². The van der Waals surface area contributed by atoms with Gasteiger partial charge < -0.3 is 14.6 Å². The molecule has 1 fully saturated rings. The molecule has 1 aliphatic heterocycles. The van der Waals surface area contributed by atoms with E-state index in [2.05, 4.69) is 15.5 Å². The molecule has 2 heterocycles. The van der Waals surface area contributed by atoms with Gasteiger partial charge in [0.2, 0.25) is 11.8 Å². The van der Waals surface area contributed by atoms with Crippen LogP contribution in [0.4, 0.5) is 18.9 Å². The van der Waals surface area contributed by atoms with Crippen LogP contribution in [-0.4, -0.2) is 40.0 Å². The van der Waals surface area contributed by atoms with Crippen LogP contribution in [0.15, 0.2) is 28.7 Å². The molecule has 0 radical (unpaired) electrons. The number of amides is 2. The summed E-state index contributed by atoms with van der Waals surface area (Å²) >= 11 is 0. The molecule has 1 N–H and O–H groups in total. The topological polar surface area (TPSA) is 88.3 Å². The highest BCUT2D eigenvalue weighted by atomic mass is 19.4. The Morgan fingerprint density at radius 1 is 1.15 bits per heavy atom. The van der Waals surface area contributed by atoms with Crippen LogP contribution in [0.25, 0.3) is 0 Å². The number of halogens is 3. The van der Waals surface area contributed by atoms with Crippen LogP contribution in [0.2, 0.25) is 0 Å². The fraction of sp³-hybridized carbons (Fsp3) is 0.412. The van der Waals surface area contributed by atoms with Gasteiger partial charge in [0.25, 0.3) is 5.91 Å². The lowest BCUT2D eigenvalue weighted by Crippen LogP contribution is -2.38. The van der Waals surface area contributed by atoms with Crippen LogP contribution in [-0.2, 0) is 11.0 Å². The maximum atomic E-state index is 12.6. The Hall–Kier alpha value is -2.91. The van der Waals surface area contributed by atoms with Crippen molar-refractivity contribution in [1.82, 2.24) is 15.1 Å². The van der Waals surface area contributed by atoms with Crippen molar-refractivity contribution in [2.75, 3.05) is 18.4 Å². The van der Waals surface area contributed by atoms with Crippen molar-refractivity contribution in [3.8, 4) is 0 Å². The molecule has 2 aromatic rings. The van der Waals surface area contributed by atoms with E-state index in [9.17, 15) is 22.8 Å². The smallest absolute Gasteiger partial charge is 0.417 e. The largest absolute Gasteiger partial charge is 0.470 e. The zero-order valence-electron chi connectivity index (χ0n) is 14.4. The summed E-state index contributed by atoms with van der Waals surface area (Å²) in [5, 5.41) is 9.15. The first kappa shape index (κ1) is 18.9. The van der Waals surface area contributed by atoms with E-state index in [-0.39, 0.29) is 23.6 Å². The third kappa shape index (κ3) is 4.44. The van der Waals surface area contributed by atoms with Gasteiger partial charge in [0.1, 0.15) is 0 Å². The van der Waals surface area contributed by atoms with Crippen LogP contribution >= 0.6 is 0 Å². The van der Waals surface area contributed by atoms with Crippen molar-refractivity contribution in [3.05, 3.63) is 41.6 Å². The van der Waals surface area contributed by atoms with E-state index in [4.69, 9.17) is 4.42 Å². The van der Waals surface area contributed by atoms with Gasteiger partial charge in [-0.1, -0.05) is 0 Å². The SMILES string of the molecule is CC(=O)Nc1ccc(C(=O)N2CCC(c3nnc(C(F)(F)F)o3)CC2)cc1. The van der Waals surface area contributed by atoms with Gasteiger partial charge in [-0.2, -0.15) is 13.2 Å². The number of anilines is 1. The van der Waals surface area contributed by atoms with Crippen LogP contribution in [0.1, 0.15) is 47.8 Å². The Balaban J connectivity index is 1.59. The van der Waals surface area contributed by atoms with E-state index in [0.717, 1.165) is 0 Å². The summed E-state index contributed by atoms with van der Waals surface area (Å²) in [5.41, 5.74) is 1.06. The Kier molecular flexibility index (Phi) is 5.15. The van der Waals surface area contributed by atoms with Crippen LogP contribution in [0, 0.1) is 0 Å². The molecule has 1 aromatic heterocycles. The second kappa shape index (κ2) is 7.37. The van der Waals surface area contributed by atoms with Gasteiger partial charge in [0, 0.05) is 37.2 Å². The second-order valence-corrected chi connectivity index (χ2v) is 6.27. The minimum Gasteiger partial charge on any atom is -0.417 e. The number of hydrogen-bond acceptors (Lipinski definition) is 5. The molecule has 0 saturated carbocycles.